The largest absolute Gasteiger partial charge is 0.454 e. The van der Waals surface area contributed by atoms with Gasteiger partial charge in [-0.2, -0.15) is 5.10 Å². The van der Waals surface area contributed by atoms with Crippen LogP contribution in [0.4, 0.5) is 5.69 Å². The number of hydrogen-bond donors (Lipinski definition) is 2. The molecule has 2 heterocycles. The lowest BCUT2D eigenvalue weighted by atomic mass is 9.90. The molecule has 4 rings (SSSR count). The van der Waals surface area contributed by atoms with Crippen LogP contribution >= 0.6 is 0 Å². The van der Waals surface area contributed by atoms with Gasteiger partial charge >= 0.3 is 0 Å². The minimum atomic E-state index is -0.0896. The molecule has 2 aromatic rings. The summed E-state index contributed by atoms with van der Waals surface area (Å²) < 4.78 is 11.1. The second-order valence-electron chi connectivity index (χ2n) is 6.10. The number of nitrogens with one attached hydrogen (secondary N) is 2. The molecule has 0 saturated heterocycles. The molecule has 0 saturated carbocycles. The fourth-order valence-electron chi connectivity index (χ4n) is 3.17. The summed E-state index contributed by atoms with van der Waals surface area (Å²) >= 11 is 0. The first-order chi connectivity index (χ1) is 12.2. The molecule has 0 radical (unpaired) electrons. The van der Waals surface area contributed by atoms with Crippen molar-refractivity contribution in [1.82, 2.24) is 5.43 Å². The third-order valence-electron chi connectivity index (χ3n) is 4.39. The summed E-state index contributed by atoms with van der Waals surface area (Å²) in [5.74, 6) is 1.44. The smallest absolute Gasteiger partial charge is 0.231 e. The first kappa shape index (κ1) is 15.5. The van der Waals surface area contributed by atoms with E-state index in [1.807, 2.05) is 36.4 Å². The van der Waals surface area contributed by atoms with Gasteiger partial charge in [0.15, 0.2) is 11.5 Å². The second kappa shape index (κ2) is 6.12. The Morgan fingerprint density at radius 1 is 1.24 bits per heavy atom. The molecule has 2 N–H and O–H groups in total. The lowest BCUT2D eigenvalue weighted by Gasteiger charge is -2.26. The van der Waals surface area contributed by atoms with Crippen molar-refractivity contribution in [2.75, 3.05) is 12.1 Å². The normalized spacial score (nSPS) is 17.4. The molecule has 1 unspecified atom stereocenters. The van der Waals surface area contributed by atoms with Gasteiger partial charge in [-0.1, -0.05) is 19.1 Å². The van der Waals surface area contributed by atoms with E-state index in [-0.39, 0.29) is 18.7 Å². The highest BCUT2D eigenvalue weighted by molar-refractivity contribution is 6.14. The van der Waals surface area contributed by atoms with Crippen LogP contribution in [0.3, 0.4) is 0 Å². The molecule has 6 nitrogen and oxygen atoms in total. The van der Waals surface area contributed by atoms with Crippen LogP contribution in [-0.4, -0.2) is 18.4 Å². The van der Waals surface area contributed by atoms with Crippen LogP contribution in [0.1, 0.15) is 43.0 Å². The van der Waals surface area contributed by atoms with Crippen LogP contribution in [-0.2, 0) is 4.79 Å². The fourth-order valence-corrected chi connectivity index (χ4v) is 3.17. The molecule has 1 atom stereocenters. The molecule has 6 heteroatoms. The van der Waals surface area contributed by atoms with E-state index in [2.05, 4.69) is 22.8 Å². The molecule has 2 aliphatic heterocycles. The number of carbonyl (C=O) groups excluding carboxylic acids is 1. The molecule has 2 aliphatic rings. The predicted octanol–water partition coefficient (Wildman–Crippen LogP) is 3.18. The highest BCUT2D eigenvalue weighted by atomic mass is 16.7. The Morgan fingerprint density at radius 2 is 1.96 bits per heavy atom. The number of benzene rings is 2. The topological polar surface area (TPSA) is 72.0 Å². The van der Waals surface area contributed by atoms with Crippen molar-refractivity contribution < 1.29 is 14.3 Å². The van der Waals surface area contributed by atoms with E-state index in [4.69, 9.17) is 9.47 Å². The number of fused-ring (bicyclic) bond motifs is 2. The third kappa shape index (κ3) is 2.80. The highest BCUT2D eigenvalue weighted by Gasteiger charge is 2.27. The van der Waals surface area contributed by atoms with E-state index < -0.39 is 0 Å². The van der Waals surface area contributed by atoms with Gasteiger partial charge < -0.3 is 20.2 Å². The summed E-state index contributed by atoms with van der Waals surface area (Å²) in [6, 6.07) is 11.8. The van der Waals surface area contributed by atoms with Gasteiger partial charge in [0.05, 0.1) is 11.8 Å². The van der Waals surface area contributed by atoms with Crippen LogP contribution in [0.25, 0.3) is 0 Å². The number of carbonyl (C=O) groups is 1. The first-order valence-corrected chi connectivity index (χ1v) is 8.31. The number of anilines is 1. The Kier molecular flexibility index (Phi) is 3.80. The fraction of sp³-hybridized carbons (Fsp3) is 0.263. The maximum atomic E-state index is 11.2. The number of nitrogens with zero attached hydrogens (tertiary/aromatic N) is 1. The van der Waals surface area contributed by atoms with E-state index in [1.54, 1.807) is 0 Å². The quantitative estimate of drug-likeness (QED) is 0.902. The van der Waals surface area contributed by atoms with Gasteiger partial charge in [0.2, 0.25) is 12.7 Å². The summed E-state index contributed by atoms with van der Waals surface area (Å²) in [6.45, 7) is 3.86. The Labute approximate surface area is 145 Å². The van der Waals surface area contributed by atoms with Gasteiger partial charge in [0, 0.05) is 23.7 Å². The van der Waals surface area contributed by atoms with E-state index in [0.29, 0.717) is 0 Å². The van der Waals surface area contributed by atoms with Crippen molar-refractivity contribution in [3.63, 3.8) is 0 Å². The molecule has 128 valence electrons. The highest BCUT2D eigenvalue weighted by Crippen LogP contribution is 2.39. The first-order valence-electron chi connectivity index (χ1n) is 8.31. The second-order valence-corrected chi connectivity index (χ2v) is 6.10. The summed E-state index contributed by atoms with van der Waals surface area (Å²) in [5, 5.41) is 7.37. The minimum absolute atomic E-state index is 0.0896. The monoisotopic (exact) mass is 337 g/mol. The number of hydrazone groups is 1. The van der Waals surface area contributed by atoms with Gasteiger partial charge in [-0.05, 0) is 36.2 Å². The number of rotatable bonds is 3. The van der Waals surface area contributed by atoms with Crippen molar-refractivity contribution in [2.45, 2.75) is 26.3 Å². The van der Waals surface area contributed by atoms with Crippen molar-refractivity contribution in [1.29, 1.82) is 0 Å². The van der Waals surface area contributed by atoms with Gasteiger partial charge in [0.25, 0.3) is 0 Å². The molecule has 0 spiro atoms. The Bertz CT molecular complexity index is 859. The average molecular weight is 337 g/mol. The lowest BCUT2D eigenvalue weighted by molar-refractivity contribution is -0.114. The van der Waals surface area contributed by atoms with Crippen LogP contribution in [0.15, 0.2) is 41.5 Å². The van der Waals surface area contributed by atoms with E-state index in [0.717, 1.165) is 46.0 Å². The molecule has 0 fully saturated rings. The zero-order valence-corrected chi connectivity index (χ0v) is 14.1. The minimum Gasteiger partial charge on any atom is -0.454 e. The maximum absolute atomic E-state index is 11.2. The summed E-state index contributed by atoms with van der Waals surface area (Å²) in [6.07, 6.45) is 0.922. The number of hydrogen-bond acceptors (Lipinski definition) is 5. The molecule has 1 amide bonds. The summed E-state index contributed by atoms with van der Waals surface area (Å²) in [7, 11) is 0. The van der Waals surface area contributed by atoms with Crippen LogP contribution < -0.4 is 20.2 Å². The number of amides is 1. The molecule has 2 aromatic carbocycles. The van der Waals surface area contributed by atoms with Crippen molar-refractivity contribution in [2.24, 2.45) is 5.10 Å². The third-order valence-corrected chi connectivity index (χ3v) is 4.39. The van der Waals surface area contributed by atoms with Gasteiger partial charge in [-0.25, -0.2) is 0 Å². The van der Waals surface area contributed by atoms with Gasteiger partial charge in [0.1, 0.15) is 0 Å². The van der Waals surface area contributed by atoms with Crippen LogP contribution in [0.5, 0.6) is 11.5 Å². The van der Waals surface area contributed by atoms with Crippen molar-refractivity contribution >= 4 is 17.3 Å². The SMILES string of the molecule is CCC1NN=C(c2ccc(NC(C)=O)cc2)c2cc3c(cc21)OCO3. The van der Waals surface area contributed by atoms with E-state index >= 15 is 0 Å². The van der Waals surface area contributed by atoms with Crippen molar-refractivity contribution in [3.05, 3.63) is 53.1 Å². The molecular weight excluding hydrogens is 318 g/mol. The Morgan fingerprint density at radius 3 is 2.64 bits per heavy atom. The van der Waals surface area contributed by atoms with Crippen LogP contribution in [0, 0.1) is 0 Å². The zero-order chi connectivity index (χ0) is 17.4. The average Bonchev–Trinajstić information content (AvgIpc) is 3.06. The van der Waals surface area contributed by atoms with Crippen molar-refractivity contribution in [3.8, 4) is 11.5 Å². The number of ether oxygens (including phenoxy) is 2. The summed E-state index contributed by atoms with van der Waals surface area (Å²) in [5.41, 5.74) is 8.02. The standard InChI is InChI=1S/C19H19N3O3/c1-3-16-14-8-17-18(25-10-24-17)9-15(14)19(22-21-16)12-4-6-13(7-5-12)20-11(2)23/h4-9,16,21H,3,10H2,1-2H3,(H,20,23). The lowest BCUT2D eigenvalue weighted by Crippen LogP contribution is -2.26. The zero-order valence-electron chi connectivity index (χ0n) is 14.1. The van der Waals surface area contributed by atoms with E-state index in [9.17, 15) is 4.79 Å². The Hall–Kier alpha value is -3.02. The predicted molar refractivity (Wildman–Crippen MR) is 95.1 cm³/mol. The van der Waals surface area contributed by atoms with Gasteiger partial charge in [-0.15, -0.1) is 0 Å². The molecule has 25 heavy (non-hydrogen) atoms. The maximum Gasteiger partial charge on any atom is 0.231 e. The van der Waals surface area contributed by atoms with E-state index in [1.165, 1.54) is 6.92 Å². The van der Waals surface area contributed by atoms with Gasteiger partial charge in [-0.3, -0.25) is 4.79 Å². The molecule has 0 aliphatic carbocycles. The van der Waals surface area contributed by atoms with Crippen LogP contribution in [0.2, 0.25) is 0 Å². The Balaban J connectivity index is 1.74. The molecule has 0 aromatic heterocycles. The molecule has 0 bridgehead atoms. The molecular formula is C19H19N3O3. The summed E-state index contributed by atoms with van der Waals surface area (Å²) in [4.78, 5) is 11.2.